The Kier molecular flexibility index (Phi) is 7.80. The molecule has 118 valence electrons. The summed E-state index contributed by atoms with van der Waals surface area (Å²) >= 11 is 1.47. The van der Waals surface area contributed by atoms with Gasteiger partial charge in [0.2, 0.25) is 0 Å². The van der Waals surface area contributed by atoms with Crippen molar-refractivity contribution in [2.75, 3.05) is 7.11 Å². The zero-order valence-electron chi connectivity index (χ0n) is 12.2. The number of methoxy groups -OCH3 is 1. The molecule has 6 heteroatoms. The summed E-state index contributed by atoms with van der Waals surface area (Å²) in [6.07, 6.45) is 0. The first-order valence-electron chi connectivity index (χ1n) is 6.51. The number of rotatable bonds is 5. The molecule has 0 radical (unpaired) electrons. The highest BCUT2D eigenvalue weighted by Crippen LogP contribution is 2.27. The van der Waals surface area contributed by atoms with Gasteiger partial charge >= 0.3 is 0 Å². The minimum Gasteiger partial charge on any atom is -0.494 e. The number of aliphatic imine (C=N–C) groups is 1. The van der Waals surface area contributed by atoms with Crippen LogP contribution in [0.15, 0.2) is 53.5 Å². The molecule has 0 atom stereocenters. The molecule has 0 unspecified atom stereocenters. The molecule has 0 aliphatic rings. The van der Waals surface area contributed by atoms with Crippen molar-refractivity contribution in [1.82, 2.24) is 0 Å². The number of thioether (sulfide) groups is 1. The molecule has 0 aliphatic heterocycles. The van der Waals surface area contributed by atoms with Crippen molar-refractivity contribution in [3.8, 4) is 5.75 Å². The fourth-order valence-corrected chi connectivity index (χ4v) is 2.44. The van der Waals surface area contributed by atoms with E-state index < -0.39 is 0 Å². The third kappa shape index (κ3) is 5.26. The normalized spacial score (nSPS) is 10.9. The first-order chi connectivity index (χ1) is 10.2. The van der Waals surface area contributed by atoms with E-state index in [2.05, 4.69) is 4.99 Å². The Morgan fingerprint density at radius 3 is 2.41 bits per heavy atom. The molecule has 22 heavy (non-hydrogen) atoms. The summed E-state index contributed by atoms with van der Waals surface area (Å²) in [5, 5.41) is 9.50. The number of hydrogen-bond acceptors (Lipinski definition) is 4. The second-order valence-corrected chi connectivity index (χ2v) is 5.38. The smallest absolute Gasteiger partial charge is 0.159 e. The number of aliphatic hydroxyl groups is 1. The van der Waals surface area contributed by atoms with E-state index in [-0.39, 0.29) is 19.0 Å². The number of hydrogen-bond donors (Lipinski definition) is 2. The average molecular weight is 339 g/mol. The van der Waals surface area contributed by atoms with Crippen molar-refractivity contribution in [2.24, 2.45) is 10.7 Å². The number of para-hydroxylation sites is 2. The molecular formula is C16H19ClN2O2S. The van der Waals surface area contributed by atoms with E-state index in [1.54, 1.807) is 7.11 Å². The Labute approximate surface area is 140 Å². The Balaban J connectivity index is 0.00000242. The van der Waals surface area contributed by atoms with Gasteiger partial charge in [0.25, 0.3) is 0 Å². The summed E-state index contributed by atoms with van der Waals surface area (Å²) < 4.78 is 5.24. The van der Waals surface area contributed by atoms with Crippen LogP contribution < -0.4 is 10.5 Å². The third-order valence-electron chi connectivity index (χ3n) is 2.91. The molecule has 0 fully saturated rings. The first-order valence-corrected chi connectivity index (χ1v) is 7.50. The number of halogens is 1. The molecule has 0 saturated carbocycles. The fraction of sp³-hybridized carbons (Fsp3) is 0.188. The summed E-state index contributed by atoms with van der Waals surface area (Å²) in [5.41, 5.74) is 8.71. The number of nitrogens with two attached hydrogens (primary N) is 1. The van der Waals surface area contributed by atoms with E-state index in [1.165, 1.54) is 11.8 Å². The van der Waals surface area contributed by atoms with Crippen LogP contribution in [0, 0.1) is 0 Å². The van der Waals surface area contributed by atoms with Gasteiger partial charge in [0.05, 0.1) is 13.7 Å². The molecule has 3 N–H and O–H groups in total. The zero-order chi connectivity index (χ0) is 15.1. The Hall–Kier alpha value is -1.69. The molecule has 0 amide bonds. The van der Waals surface area contributed by atoms with Crippen LogP contribution in [0.5, 0.6) is 5.75 Å². The van der Waals surface area contributed by atoms with Crippen LogP contribution in [0.1, 0.15) is 11.1 Å². The van der Waals surface area contributed by atoms with E-state index in [4.69, 9.17) is 15.6 Å². The lowest BCUT2D eigenvalue weighted by Crippen LogP contribution is -2.06. The van der Waals surface area contributed by atoms with Crippen LogP contribution in [-0.2, 0) is 12.4 Å². The molecule has 2 aromatic rings. The standard InChI is InChI=1S/C16H18N2O2S.ClH/c1-20-15-5-3-2-4-14(15)18-16(17)21-11-13-8-6-12(10-19)7-9-13;/h2-9,19H,10-11H2,1H3,(H2,17,18);1H. The average Bonchev–Trinajstić information content (AvgIpc) is 2.54. The number of benzene rings is 2. The number of ether oxygens (including phenoxy) is 1. The maximum atomic E-state index is 9.00. The summed E-state index contributed by atoms with van der Waals surface area (Å²) in [6.45, 7) is 0.0603. The summed E-state index contributed by atoms with van der Waals surface area (Å²) in [6, 6.07) is 15.3. The lowest BCUT2D eigenvalue weighted by Gasteiger charge is -2.05. The highest BCUT2D eigenvalue weighted by atomic mass is 35.5. The lowest BCUT2D eigenvalue weighted by atomic mass is 10.2. The van der Waals surface area contributed by atoms with Gasteiger partial charge in [-0.2, -0.15) is 0 Å². The molecule has 0 saturated heterocycles. The Morgan fingerprint density at radius 2 is 1.77 bits per heavy atom. The SMILES string of the molecule is COc1ccccc1N=C(N)SCc1ccc(CO)cc1.Cl. The number of aliphatic hydroxyl groups excluding tert-OH is 1. The molecule has 4 nitrogen and oxygen atoms in total. The predicted molar refractivity (Wildman–Crippen MR) is 95.2 cm³/mol. The van der Waals surface area contributed by atoms with Gasteiger partial charge in [-0.05, 0) is 23.3 Å². The molecule has 0 aromatic heterocycles. The van der Waals surface area contributed by atoms with E-state index in [1.807, 2.05) is 48.5 Å². The van der Waals surface area contributed by atoms with Crippen LogP contribution in [0.3, 0.4) is 0 Å². The Morgan fingerprint density at radius 1 is 1.14 bits per heavy atom. The van der Waals surface area contributed by atoms with Gasteiger partial charge in [0, 0.05) is 5.75 Å². The van der Waals surface area contributed by atoms with Gasteiger partial charge in [-0.25, -0.2) is 4.99 Å². The zero-order valence-corrected chi connectivity index (χ0v) is 13.9. The molecular weight excluding hydrogens is 320 g/mol. The minimum absolute atomic E-state index is 0. The fourth-order valence-electron chi connectivity index (χ4n) is 1.77. The van der Waals surface area contributed by atoms with Gasteiger partial charge in [-0.1, -0.05) is 48.2 Å². The second-order valence-electron chi connectivity index (χ2n) is 4.39. The van der Waals surface area contributed by atoms with Gasteiger partial charge in [0.15, 0.2) is 5.17 Å². The van der Waals surface area contributed by atoms with Crippen molar-refractivity contribution >= 4 is 35.0 Å². The van der Waals surface area contributed by atoms with Crippen LogP contribution in [0.25, 0.3) is 0 Å². The topological polar surface area (TPSA) is 67.8 Å². The maximum Gasteiger partial charge on any atom is 0.159 e. The second kappa shape index (κ2) is 9.35. The third-order valence-corrected chi connectivity index (χ3v) is 3.77. The van der Waals surface area contributed by atoms with Gasteiger partial charge in [-0.3, -0.25) is 0 Å². The number of nitrogens with zero attached hydrogens (tertiary/aromatic N) is 1. The van der Waals surface area contributed by atoms with E-state index in [0.717, 1.165) is 22.6 Å². The van der Waals surface area contributed by atoms with Crippen molar-refractivity contribution in [3.05, 3.63) is 59.7 Å². The summed E-state index contributed by atoms with van der Waals surface area (Å²) in [7, 11) is 1.61. The van der Waals surface area contributed by atoms with Gasteiger partial charge < -0.3 is 15.6 Å². The monoisotopic (exact) mass is 338 g/mol. The molecule has 0 aliphatic carbocycles. The summed E-state index contributed by atoms with van der Waals surface area (Å²) in [5.74, 6) is 1.43. The maximum absolute atomic E-state index is 9.00. The van der Waals surface area contributed by atoms with E-state index in [9.17, 15) is 0 Å². The highest BCUT2D eigenvalue weighted by molar-refractivity contribution is 8.13. The van der Waals surface area contributed by atoms with Gasteiger partial charge in [-0.15, -0.1) is 12.4 Å². The number of amidine groups is 1. The first kappa shape index (κ1) is 18.4. The van der Waals surface area contributed by atoms with Crippen LogP contribution in [0.4, 0.5) is 5.69 Å². The molecule has 0 bridgehead atoms. The molecule has 2 aromatic carbocycles. The van der Waals surface area contributed by atoms with Crippen LogP contribution >= 0.6 is 24.2 Å². The van der Waals surface area contributed by atoms with Crippen molar-refractivity contribution in [3.63, 3.8) is 0 Å². The van der Waals surface area contributed by atoms with E-state index >= 15 is 0 Å². The van der Waals surface area contributed by atoms with Crippen LogP contribution in [0.2, 0.25) is 0 Å². The van der Waals surface area contributed by atoms with Crippen molar-refractivity contribution in [2.45, 2.75) is 12.4 Å². The predicted octanol–water partition coefficient (Wildman–Crippen LogP) is 3.49. The highest BCUT2D eigenvalue weighted by Gasteiger charge is 2.02. The largest absolute Gasteiger partial charge is 0.494 e. The van der Waals surface area contributed by atoms with Crippen molar-refractivity contribution < 1.29 is 9.84 Å². The lowest BCUT2D eigenvalue weighted by molar-refractivity contribution is 0.282. The van der Waals surface area contributed by atoms with E-state index in [0.29, 0.717) is 10.9 Å². The molecule has 2 rings (SSSR count). The van der Waals surface area contributed by atoms with Crippen LogP contribution in [-0.4, -0.2) is 17.4 Å². The quantitative estimate of drug-likeness (QED) is 0.647. The molecule has 0 spiro atoms. The molecule has 0 heterocycles. The van der Waals surface area contributed by atoms with Gasteiger partial charge in [0.1, 0.15) is 11.4 Å². The summed E-state index contributed by atoms with van der Waals surface area (Å²) in [4.78, 5) is 4.37. The van der Waals surface area contributed by atoms with Crippen molar-refractivity contribution in [1.29, 1.82) is 0 Å². The minimum atomic E-state index is 0. The Bertz CT molecular complexity index is 618.